The number of rotatable bonds is 5. The molecule has 0 bridgehead atoms. The molecule has 1 aromatic heterocycles. The molecule has 2 aromatic carbocycles. The SMILES string of the molecule is O=C(Nc1nc2ccc(F)cc2s1)c1ccc(OCC2CCCO2)cc1. The third-order valence-corrected chi connectivity index (χ3v) is 5.08. The van der Waals surface area contributed by atoms with Crippen molar-refractivity contribution in [1.82, 2.24) is 4.98 Å². The van der Waals surface area contributed by atoms with E-state index in [-0.39, 0.29) is 17.8 Å². The summed E-state index contributed by atoms with van der Waals surface area (Å²) in [7, 11) is 0. The number of benzene rings is 2. The minimum Gasteiger partial charge on any atom is -0.491 e. The predicted octanol–water partition coefficient (Wildman–Crippen LogP) is 4.25. The zero-order valence-corrected chi connectivity index (χ0v) is 14.7. The first-order valence-corrected chi connectivity index (χ1v) is 9.21. The van der Waals surface area contributed by atoms with Gasteiger partial charge < -0.3 is 9.47 Å². The number of hydrogen-bond acceptors (Lipinski definition) is 5. The van der Waals surface area contributed by atoms with Gasteiger partial charge in [0.2, 0.25) is 0 Å². The Kier molecular flexibility index (Phi) is 4.81. The van der Waals surface area contributed by atoms with Crippen molar-refractivity contribution in [2.75, 3.05) is 18.5 Å². The number of fused-ring (bicyclic) bond motifs is 1. The molecule has 1 aliphatic heterocycles. The van der Waals surface area contributed by atoms with Crippen LogP contribution in [0.25, 0.3) is 10.2 Å². The smallest absolute Gasteiger partial charge is 0.257 e. The summed E-state index contributed by atoms with van der Waals surface area (Å²) < 4.78 is 25.1. The maximum atomic E-state index is 13.2. The molecule has 1 N–H and O–H groups in total. The topological polar surface area (TPSA) is 60.5 Å². The van der Waals surface area contributed by atoms with Crippen molar-refractivity contribution in [3.63, 3.8) is 0 Å². The normalized spacial score (nSPS) is 16.7. The second-order valence-electron chi connectivity index (χ2n) is 6.06. The standard InChI is InChI=1S/C19H17FN2O3S/c20-13-5-8-16-17(10-13)26-19(21-16)22-18(23)12-3-6-14(7-4-12)25-11-15-2-1-9-24-15/h3-8,10,15H,1-2,9,11H2,(H,21,22,23). The van der Waals surface area contributed by atoms with Crippen LogP contribution < -0.4 is 10.1 Å². The van der Waals surface area contributed by atoms with Crippen LogP contribution in [0.3, 0.4) is 0 Å². The fourth-order valence-corrected chi connectivity index (χ4v) is 3.67. The van der Waals surface area contributed by atoms with Crippen LogP contribution in [0, 0.1) is 5.82 Å². The Balaban J connectivity index is 1.38. The van der Waals surface area contributed by atoms with E-state index < -0.39 is 0 Å². The van der Waals surface area contributed by atoms with E-state index in [1.807, 2.05) is 0 Å². The third kappa shape index (κ3) is 3.84. The molecular formula is C19H17FN2O3S. The van der Waals surface area contributed by atoms with Crippen molar-refractivity contribution in [3.05, 3.63) is 53.8 Å². The summed E-state index contributed by atoms with van der Waals surface area (Å²) in [5.41, 5.74) is 1.16. The van der Waals surface area contributed by atoms with Gasteiger partial charge in [-0.25, -0.2) is 9.37 Å². The highest BCUT2D eigenvalue weighted by Crippen LogP contribution is 2.27. The van der Waals surface area contributed by atoms with Crippen molar-refractivity contribution in [2.24, 2.45) is 0 Å². The van der Waals surface area contributed by atoms with E-state index in [1.54, 1.807) is 30.3 Å². The number of hydrogen-bond donors (Lipinski definition) is 1. The van der Waals surface area contributed by atoms with Crippen LogP contribution in [-0.4, -0.2) is 30.2 Å². The molecule has 1 unspecified atom stereocenters. The van der Waals surface area contributed by atoms with Gasteiger partial charge in [0.25, 0.3) is 5.91 Å². The zero-order valence-electron chi connectivity index (χ0n) is 13.9. The number of anilines is 1. The van der Waals surface area contributed by atoms with Gasteiger partial charge in [0.15, 0.2) is 5.13 Å². The van der Waals surface area contributed by atoms with Crippen LogP contribution in [0.1, 0.15) is 23.2 Å². The summed E-state index contributed by atoms with van der Waals surface area (Å²) in [6.07, 6.45) is 2.25. The first-order valence-electron chi connectivity index (χ1n) is 8.39. The van der Waals surface area contributed by atoms with Gasteiger partial charge in [0, 0.05) is 12.2 Å². The van der Waals surface area contributed by atoms with E-state index in [1.165, 1.54) is 23.5 Å². The Bertz CT molecular complexity index is 920. The Morgan fingerprint density at radius 1 is 1.31 bits per heavy atom. The van der Waals surface area contributed by atoms with Crippen molar-refractivity contribution < 1.29 is 18.7 Å². The molecule has 2 heterocycles. The van der Waals surface area contributed by atoms with Crippen LogP contribution >= 0.6 is 11.3 Å². The van der Waals surface area contributed by atoms with E-state index in [0.29, 0.717) is 33.3 Å². The highest BCUT2D eigenvalue weighted by atomic mass is 32.1. The monoisotopic (exact) mass is 372 g/mol. The first kappa shape index (κ1) is 16.9. The van der Waals surface area contributed by atoms with Crippen LogP contribution in [0.4, 0.5) is 9.52 Å². The van der Waals surface area contributed by atoms with Gasteiger partial charge in [-0.15, -0.1) is 0 Å². The molecule has 1 fully saturated rings. The van der Waals surface area contributed by atoms with Crippen LogP contribution in [-0.2, 0) is 4.74 Å². The molecule has 4 rings (SSSR count). The Morgan fingerprint density at radius 3 is 2.92 bits per heavy atom. The minimum absolute atomic E-state index is 0.154. The first-order chi connectivity index (χ1) is 12.7. The molecular weight excluding hydrogens is 355 g/mol. The lowest BCUT2D eigenvalue weighted by molar-refractivity contribution is 0.0679. The zero-order chi connectivity index (χ0) is 17.9. The number of halogens is 1. The van der Waals surface area contributed by atoms with Gasteiger partial charge in [-0.2, -0.15) is 0 Å². The molecule has 5 nitrogen and oxygen atoms in total. The molecule has 1 aliphatic rings. The fourth-order valence-electron chi connectivity index (χ4n) is 2.79. The molecule has 0 radical (unpaired) electrons. The number of carbonyl (C=O) groups excluding carboxylic acids is 1. The highest BCUT2D eigenvalue weighted by Gasteiger charge is 2.16. The summed E-state index contributed by atoms with van der Waals surface area (Å²) in [6, 6.07) is 11.3. The molecule has 1 atom stereocenters. The molecule has 0 aliphatic carbocycles. The van der Waals surface area contributed by atoms with Crippen molar-refractivity contribution >= 4 is 32.6 Å². The quantitative estimate of drug-likeness (QED) is 0.728. The molecule has 3 aromatic rings. The Hall–Kier alpha value is -2.51. The fraction of sp³-hybridized carbons (Fsp3) is 0.263. The van der Waals surface area contributed by atoms with Crippen molar-refractivity contribution in [1.29, 1.82) is 0 Å². The summed E-state index contributed by atoms with van der Waals surface area (Å²) >= 11 is 1.24. The second-order valence-corrected chi connectivity index (χ2v) is 7.09. The van der Waals surface area contributed by atoms with E-state index in [2.05, 4.69) is 10.3 Å². The average Bonchev–Trinajstić information content (AvgIpc) is 3.29. The van der Waals surface area contributed by atoms with Crippen LogP contribution in [0.15, 0.2) is 42.5 Å². The number of ether oxygens (including phenoxy) is 2. The molecule has 1 amide bonds. The van der Waals surface area contributed by atoms with E-state index >= 15 is 0 Å². The van der Waals surface area contributed by atoms with Gasteiger partial charge in [0.05, 0.1) is 16.3 Å². The maximum absolute atomic E-state index is 13.2. The Labute approximate surface area is 153 Å². The number of nitrogens with one attached hydrogen (secondary N) is 1. The predicted molar refractivity (Wildman–Crippen MR) is 98.4 cm³/mol. The van der Waals surface area contributed by atoms with Gasteiger partial charge in [0.1, 0.15) is 18.2 Å². The summed E-state index contributed by atoms with van der Waals surface area (Å²) in [5.74, 6) is 0.111. The lowest BCUT2D eigenvalue weighted by Gasteiger charge is -2.11. The van der Waals surface area contributed by atoms with Crippen LogP contribution in [0.2, 0.25) is 0 Å². The molecule has 134 valence electrons. The highest BCUT2D eigenvalue weighted by molar-refractivity contribution is 7.22. The molecule has 26 heavy (non-hydrogen) atoms. The largest absolute Gasteiger partial charge is 0.491 e. The third-order valence-electron chi connectivity index (χ3n) is 4.15. The lowest BCUT2D eigenvalue weighted by atomic mass is 10.2. The van der Waals surface area contributed by atoms with E-state index in [0.717, 1.165) is 19.4 Å². The lowest BCUT2D eigenvalue weighted by Crippen LogP contribution is -2.16. The van der Waals surface area contributed by atoms with Gasteiger partial charge >= 0.3 is 0 Å². The number of carbonyl (C=O) groups is 1. The second kappa shape index (κ2) is 7.39. The summed E-state index contributed by atoms with van der Waals surface area (Å²) in [6.45, 7) is 1.32. The molecule has 0 spiro atoms. The molecule has 1 saturated heterocycles. The Morgan fingerprint density at radius 2 is 2.15 bits per heavy atom. The average molecular weight is 372 g/mol. The minimum atomic E-state index is -0.322. The van der Waals surface area contributed by atoms with E-state index in [4.69, 9.17) is 9.47 Å². The summed E-state index contributed by atoms with van der Waals surface area (Å²) in [5, 5.41) is 3.19. The van der Waals surface area contributed by atoms with Gasteiger partial charge in [-0.3, -0.25) is 10.1 Å². The maximum Gasteiger partial charge on any atom is 0.257 e. The summed E-state index contributed by atoms with van der Waals surface area (Å²) in [4.78, 5) is 16.6. The number of amides is 1. The van der Waals surface area contributed by atoms with Crippen molar-refractivity contribution in [3.8, 4) is 5.75 Å². The van der Waals surface area contributed by atoms with Gasteiger partial charge in [-0.1, -0.05) is 11.3 Å². The van der Waals surface area contributed by atoms with Crippen molar-refractivity contribution in [2.45, 2.75) is 18.9 Å². The van der Waals surface area contributed by atoms with Gasteiger partial charge in [-0.05, 0) is 55.3 Å². The van der Waals surface area contributed by atoms with E-state index in [9.17, 15) is 9.18 Å². The molecule has 7 heteroatoms. The number of nitrogens with zero attached hydrogens (tertiary/aromatic N) is 1. The number of thiazole rings is 1. The molecule has 0 saturated carbocycles. The van der Waals surface area contributed by atoms with Crippen LogP contribution in [0.5, 0.6) is 5.75 Å². The number of aromatic nitrogens is 1.